The summed E-state index contributed by atoms with van der Waals surface area (Å²) >= 11 is 5.14. The van der Waals surface area contributed by atoms with Crippen LogP contribution in [0.15, 0.2) is 29.2 Å². The van der Waals surface area contributed by atoms with Crippen molar-refractivity contribution in [3.05, 3.63) is 51.5 Å². The maximum Gasteiger partial charge on any atom is 0.289 e. The molecule has 0 spiro atoms. The smallest absolute Gasteiger partial charge is 0.289 e. The number of aliphatic hydroxyl groups is 1. The highest BCUT2D eigenvalue weighted by atomic mass is 32.2. The van der Waals surface area contributed by atoms with E-state index in [2.05, 4.69) is 9.97 Å². The highest BCUT2D eigenvalue weighted by Crippen LogP contribution is 2.34. The van der Waals surface area contributed by atoms with Crippen LogP contribution >= 0.6 is 12.2 Å². The van der Waals surface area contributed by atoms with Crippen molar-refractivity contribution in [3.8, 4) is 0 Å². The standard InChI is InChI=1S/C25H33N5O5S2/c1-3-20-23(25(31)36)24(27-17(2)26-20)29-14-8-11-19(29)16-28(15-18-9-4-5-10-18)37(34,35)22-13-7-6-12-21(22)30(32)33/h6-7,12-13,18-19H,3-5,8-11,14-16H2,1-2H3,(H,31,36)/t19-/m0/s1. The second-order valence-corrected chi connectivity index (χ2v) is 12.1. The Kier molecular flexibility index (Phi) is 8.39. The zero-order valence-corrected chi connectivity index (χ0v) is 22.8. The molecule has 2 aromatic rings. The third-order valence-electron chi connectivity index (χ3n) is 7.31. The minimum absolute atomic E-state index is 0.160. The first-order valence-corrected chi connectivity index (χ1v) is 14.6. The molecule has 0 unspecified atom stereocenters. The minimum Gasteiger partial charge on any atom is -0.498 e. The van der Waals surface area contributed by atoms with Crippen LogP contribution in [0.4, 0.5) is 11.5 Å². The molecule has 1 aromatic heterocycles. The fourth-order valence-corrected chi connectivity index (χ4v) is 7.47. The number of aromatic nitrogens is 2. The lowest BCUT2D eigenvalue weighted by Gasteiger charge is -2.33. The van der Waals surface area contributed by atoms with Crippen molar-refractivity contribution < 1.29 is 18.4 Å². The predicted octanol–water partition coefficient (Wildman–Crippen LogP) is 4.34. The topological polar surface area (TPSA) is 130 Å². The van der Waals surface area contributed by atoms with Gasteiger partial charge in [-0.3, -0.25) is 10.1 Å². The molecule has 0 radical (unpaired) electrons. The molecule has 4 rings (SSSR count). The number of hydrogen-bond acceptors (Lipinski definition) is 8. The number of sulfonamides is 1. The summed E-state index contributed by atoms with van der Waals surface area (Å²) in [6.45, 7) is 4.81. The van der Waals surface area contributed by atoms with Crippen LogP contribution in [-0.2, 0) is 16.4 Å². The molecule has 2 fully saturated rings. The van der Waals surface area contributed by atoms with E-state index in [9.17, 15) is 23.6 Å². The van der Waals surface area contributed by atoms with Crippen molar-refractivity contribution in [2.45, 2.75) is 69.7 Å². The number of aryl methyl sites for hydroxylation is 2. The molecule has 1 aliphatic carbocycles. The number of para-hydroxylation sites is 1. The number of benzene rings is 1. The lowest BCUT2D eigenvalue weighted by molar-refractivity contribution is -0.387. The molecular weight excluding hydrogens is 514 g/mol. The number of hydrogen-bond donors (Lipinski definition) is 1. The molecule has 10 nitrogen and oxygen atoms in total. The summed E-state index contributed by atoms with van der Waals surface area (Å²) in [6, 6.07) is 5.29. The van der Waals surface area contributed by atoms with Crippen molar-refractivity contribution in [2.75, 3.05) is 24.5 Å². The van der Waals surface area contributed by atoms with Gasteiger partial charge in [-0.2, -0.15) is 4.31 Å². The lowest BCUT2D eigenvalue weighted by Crippen LogP contribution is -2.45. The number of anilines is 1. The molecule has 1 saturated carbocycles. The van der Waals surface area contributed by atoms with Crippen molar-refractivity contribution in [1.29, 1.82) is 0 Å². The first kappa shape index (κ1) is 27.3. The van der Waals surface area contributed by atoms with Crippen molar-refractivity contribution in [2.24, 2.45) is 5.92 Å². The molecule has 1 aromatic carbocycles. The van der Waals surface area contributed by atoms with E-state index in [1.165, 1.54) is 28.6 Å². The molecule has 0 amide bonds. The van der Waals surface area contributed by atoms with Crippen molar-refractivity contribution in [3.63, 3.8) is 0 Å². The highest BCUT2D eigenvalue weighted by molar-refractivity contribution is 7.89. The van der Waals surface area contributed by atoms with E-state index < -0.39 is 20.6 Å². The van der Waals surface area contributed by atoms with Gasteiger partial charge in [0.1, 0.15) is 11.6 Å². The summed E-state index contributed by atoms with van der Waals surface area (Å²) in [7, 11) is -4.15. The quantitative estimate of drug-likeness (QED) is 0.262. The van der Waals surface area contributed by atoms with E-state index >= 15 is 0 Å². The maximum atomic E-state index is 13.9. The molecule has 1 N–H and O–H groups in total. The Labute approximate surface area is 222 Å². The average Bonchev–Trinajstić information content (AvgIpc) is 3.55. The number of nitrogens with zero attached hydrogens (tertiary/aromatic N) is 5. The number of nitro groups is 1. The molecule has 2 aliphatic rings. The van der Waals surface area contributed by atoms with E-state index in [0.29, 0.717) is 42.4 Å². The van der Waals surface area contributed by atoms with E-state index in [-0.39, 0.29) is 28.5 Å². The zero-order valence-electron chi connectivity index (χ0n) is 21.2. The summed E-state index contributed by atoms with van der Waals surface area (Å²) in [6.07, 6.45) is 6.07. The Morgan fingerprint density at radius 3 is 2.54 bits per heavy atom. The second kappa shape index (κ2) is 11.4. The van der Waals surface area contributed by atoms with Gasteiger partial charge in [0.25, 0.3) is 5.69 Å². The molecule has 1 saturated heterocycles. The van der Waals surface area contributed by atoms with Crippen LogP contribution in [0.5, 0.6) is 0 Å². The van der Waals surface area contributed by atoms with Crippen LogP contribution in [0.2, 0.25) is 0 Å². The van der Waals surface area contributed by atoms with E-state index in [0.717, 1.165) is 38.5 Å². The maximum absolute atomic E-state index is 13.9. The summed E-state index contributed by atoms with van der Waals surface area (Å²) in [5.74, 6) is 1.28. The Hall–Kier alpha value is -2.70. The molecule has 200 valence electrons. The molecule has 12 heteroatoms. The second-order valence-electron chi connectivity index (χ2n) is 9.76. The van der Waals surface area contributed by atoms with Gasteiger partial charge < -0.3 is 10.0 Å². The Morgan fingerprint density at radius 1 is 1.19 bits per heavy atom. The van der Waals surface area contributed by atoms with Crippen molar-refractivity contribution in [1.82, 2.24) is 14.3 Å². The Morgan fingerprint density at radius 2 is 1.89 bits per heavy atom. The van der Waals surface area contributed by atoms with Gasteiger partial charge in [-0.1, -0.05) is 31.9 Å². The van der Waals surface area contributed by atoms with Gasteiger partial charge in [-0.05, 0) is 63.2 Å². The zero-order chi connectivity index (χ0) is 26.7. The number of nitro benzene ring substituents is 1. The number of aliphatic hydroxyl groups excluding tert-OH is 1. The summed E-state index contributed by atoms with van der Waals surface area (Å²) in [5.41, 5.74) is 0.643. The van der Waals surface area contributed by atoms with E-state index in [1.54, 1.807) is 6.92 Å². The van der Waals surface area contributed by atoms with Crippen LogP contribution in [0.3, 0.4) is 0 Å². The Balaban J connectivity index is 1.73. The number of thiocarbonyl (C=S) groups is 1. The van der Waals surface area contributed by atoms with Gasteiger partial charge in [0.05, 0.1) is 16.2 Å². The van der Waals surface area contributed by atoms with Gasteiger partial charge in [-0.15, -0.1) is 0 Å². The fourth-order valence-electron chi connectivity index (χ4n) is 5.55. The SMILES string of the molecule is CCc1nc(C)nc(N2CCC[C@H]2CN(CC2CCCC2)S(=O)(=O)c2ccccc2[N+](=O)[O-])c1C(O)=S. The van der Waals surface area contributed by atoms with E-state index in [4.69, 9.17) is 12.2 Å². The van der Waals surface area contributed by atoms with Crippen LogP contribution in [0, 0.1) is 23.0 Å². The van der Waals surface area contributed by atoms with Gasteiger partial charge in [0.2, 0.25) is 10.0 Å². The molecule has 1 atom stereocenters. The monoisotopic (exact) mass is 547 g/mol. The molecule has 1 aliphatic heterocycles. The number of rotatable bonds is 10. The third kappa shape index (κ3) is 5.75. The predicted molar refractivity (Wildman–Crippen MR) is 145 cm³/mol. The fraction of sp³-hybridized carbons (Fsp3) is 0.560. The average molecular weight is 548 g/mol. The molecule has 0 bridgehead atoms. The molecule has 2 heterocycles. The largest absolute Gasteiger partial charge is 0.498 e. The van der Waals surface area contributed by atoms with Crippen molar-refractivity contribution >= 4 is 38.8 Å². The lowest BCUT2D eigenvalue weighted by atomic mass is 10.1. The van der Waals surface area contributed by atoms with Gasteiger partial charge in [0, 0.05) is 31.7 Å². The normalized spacial score (nSPS) is 18.6. The van der Waals surface area contributed by atoms with Gasteiger partial charge in [0.15, 0.2) is 9.95 Å². The highest BCUT2D eigenvalue weighted by Gasteiger charge is 2.38. The van der Waals surface area contributed by atoms with Crippen LogP contribution in [-0.4, -0.2) is 63.4 Å². The first-order chi connectivity index (χ1) is 17.6. The van der Waals surface area contributed by atoms with E-state index in [1.807, 2.05) is 11.8 Å². The van der Waals surface area contributed by atoms with Gasteiger partial charge >= 0.3 is 0 Å². The van der Waals surface area contributed by atoms with Crippen LogP contribution in [0.1, 0.15) is 62.5 Å². The summed E-state index contributed by atoms with van der Waals surface area (Å²) < 4.78 is 29.3. The van der Waals surface area contributed by atoms with Crippen LogP contribution in [0.25, 0.3) is 0 Å². The summed E-state index contributed by atoms with van der Waals surface area (Å²) in [4.78, 5) is 21.8. The summed E-state index contributed by atoms with van der Waals surface area (Å²) in [5, 5.41) is 21.7. The molecule has 37 heavy (non-hydrogen) atoms. The third-order valence-corrected chi connectivity index (χ3v) is 9.39. The Bertz CT molecular complexity index is 1280. The first-order valence-electron chi connectivity index (χ1n) is 12.7. The van der Waals surface area contributed by atoms with Gasteiger partial charge in [-0.25, -0.2) is 18.4 Å². The minimum atomic E-state index is -4.15. The molecular formula is C25H33N5O5S2. The van der Waals surface area contributed by atoms with Crippen LogP contribution < -0.4 is 4.90 Å².